The van der Waals surface area contributed by atoms with Gasteiger partial charge in [-0.05, 0) is 55.6 Å². The first kappa shape index (κ1) is 17.6. The van der Waals surface area contributed by atoms with E-state index in [0.717, 1.165) is 25.9 Å². The Labute approximate surface area is 133 Å². The van der Waals surface area contributed by atoms with Crippen LogP contribution in [0.15, 0.2) is 18.2 Å². The third kappa shape index (κ3) is 5.13. The molecule has 1 aliphatic heterocycles. The first-order chi connectivity index (χ1) is 10.8. The molecule has 0 spiro atoms. The standard InChI is InChI=1S/C16H21F3N2O2/c1-10(2)15(22)21-14-4-3-12(23-16(17,18)19)9-13(14)11-5-7-20-8-6-11/h3-4,9-11,20H,5-8H2,1-2H3,(H,21,22). The van der Waals surface area contributed by atoms with E-state index in [2.05, 4.69) is 15.4 Å². The number of rotatable bonds is 4. The molecular formula is C16H21F3N2O2. The quantitative estimate of drug-likeness (QED) is 0.886. The Hall–Kier alpha value is -1.76. The van der Waals surface area contributed by atoms with Crippen LogP contribution in [-0.4, -0.2) is 25.4 Å². The lowest BCUT2D eigenvalue weighted by Crippen LogP contribution is -2.28. The van der Waals surface area contributed by atoms with Gasteiger partial charge in [0, 0.05) is 11.6 Å². The molecule has 2 rings (SSSR count). The molecule has 0 aromatic heterocycles. The number of piperidine rings is 1. The molecule has 1 aromatic rings. The van der Waals surface area contributed by atoms with Crippen molar-refractivity contribution in [2.24, 2.45) is 5.92 Å². The van der Waals surface area contributed by atoms with Gasteiger partial charge in [-0.1, -0.05) is 13.8 Å². The van der Waals surface area contributed by atoms with Crippen LogP contribution in [0.5, 0.6) is 5.75 Å². The SMILES string of the molecule is CC(C)C(=O)Nc1ccc(OC(F)(F)F)cc1C1CCNCC1. The van der Waals surface area contributed by atoms with E-state index in [1.807, 2.05) is 0 Å². The topological polar surface area (TPSA) is 50.4 Å². The molecule has 0 unspecified atom stereocenters. The van der Waals surface area contributed by atoms with Gasteiger partial charge in [0.15, 0.2) is 0 Å². The number of hydrogen-bond donors (Lipinski definition) is 2. The molecule has 1 amide bonds. The van der Waals surface area contributed by atoms with E-state index in [1.54, 1.807) is 13.8 Å². The van der Waals surface area contributed by atoms with E-state index in [4.69, 9.17) is 0 Å². The molecule has 2 N–H and O–H groups in total. The Kier molecular flexibility index (Phi) is 5.51. The van der Waals surface area contributed by atoms with Crippen molar-refractivity contribution in [3.05, 3.63) is 23.8 Å². The number of alkyl halides is 3. The number of amides is 1. The fourth-order valence-electron chi connectivity index (χ4n) is 2.60. The highest BCUT2D eigenvalue weighted by Gasteiger charge is 2.32. The summed E-state index contributed by atoms with van der Waals surface area (Å²) < 4.78 is 41.3. The second-order valence-electron chi connectivity index (χ2n) is 5.97. The minimum atomic E-state index is -4.73. The van der Waals surface area contributed by atoms with Gasteiger partial charge in [0.1, 0.15) is 5.75 Å². The summed E-state index contributed by atoms with van der Waals surface area (Å²) in [5.74, 6) is -0.532. The highest BCUT2D eigenvalue weighted by molar-refractivity contribution is 5.93. The predicted octanol–water partition coefficient (Wildman–Crippen LogP) is 3.65. The molecule has 0 radical (unpaired) electrons. The number of ether oxygens (including phenoxy) is 1. The molecule has 0 saturated carbocycles. The Bertz CT molecular complexity index is 553. The zero-order valence-corrected chi connectivity index (χ0v) is 13.2. The number of hydrogen-bond acceptors (Lipinski definition) is 3. The zero-order valence-electron chi connectivity index (χ0n) is 13.2. The summed E-state index contributed by atoms with van der Waals surface area (Å²) in [5, 5.41) is 6.02. The monoisotopic (exact) mass is 330 g/mol. The number of benzene rings is 1. The van der Waals surface area contributed by atoms with Gasteiger partial charge in [-0.15, -0.1) is 13.2 Å². The average molecular weight is 330 g/mol. The van der Waals surface area contributed by atoms with Crippen LogP contribution in [0.25, 0.3) is 0 Å². The minimum absolute atomic E-state index is 0.0931. The largest absolute Gasteiger partial charge is 0.573 e. The van der Waals surface area contributed by atoms with E-state index in [-0.39, 0.29) is 23.5 Å². The van der Waals surface area contributed by atoms with Gasteiger partial charge in [-0.2, -0.15) is 0 Å². The average Bonchev–Trinajstić information content (AvgIpc) is 2.48. The van der Waals surface area contributed by atoms with Crippen LogP contribution in [0.3, 0.4) is 0 Å². The maximum Gasteiger partial charge on any atom is 0.573 e. The maximum atomic E-state index is 12.4. The van der Waals surface area contributed by atoms with Gasteiger partial charge in [-0.25, -0.2) is 0 Å². The fourth-order valence-corrected chi connectivity index (χ4v) is 2.60. The molecule has 128 valence electrons. The Balaban J connectivity index is 2.30. The number of carbonyl (C=O) groups is 1. The van der Waals surface area contributed by atoms with Gasteiger partial charge in [0.25, 0.3) is 0 Å². The van der Waals surface area contributed by atoms with Gasteiger partial charge < -0.3 is 15.4 Å². The molecule has 0 aliphatic carbocycles. The van der Waals surface area contributed by atoms with Gasteiger partial charge >= 0.3 is 6.36 Å². The van der Waals surface area contributed by atoms with Gasteiger partial charge in [0.2, 0.25) is 5.91 Å². The third-order valence-electron chi connectivity index (χ3n) is 3.82. The molecule has 4 nitrogen and oxygen atoms in total. The van der Waals surface area contributed by atoms with Crippen molar-refractivity contribution in [2.45, 2.75) is 39.0 Å². The zero-order chi connectivity index (χ0) is 17.0. The van der Waals surface area contributed by atoms with E-state index >= 15 is 0 Å². The molecule has 1 aliphatic rings. The second-order valence-corrected chi connectivity index (χ2v) is 5.97. The van der Waals surface area contributed by atoms with Crippen LogP contribution in [0.4, 0.5) is 18.9 Å². The highest BCUT2D eigenvalue weighted by Crippen LogP contribution is 2.35. The number of nitrogens with one attached hydrogen (secondary N) is 2. The summed E-state index contributed by atoms with van der Waals surface area (Å²) in [5.41, 5.74) is 1.26. The van der Waals surface area contributed by atoms with Crippen molar-refractivity contribution in [2.75, 3.05) is 18.4 Å². The molecule has 1 saturated heterocycles. The normalized spacial score (nSPS) is 16.4. The van der Waals surface area contributed by atoms with Crippen LogP contribution in [0, 0.1) is 5.92 Å². The number of anilines is 1. The van der Waals surface area contributed by atoms with Crippen molar-refractivity contribution < 1.29 is 22.7 Å². The molecular weight excluding hydrogens is 309 g/mol. The Morgan fingerprint density at radius 3 is 2.52 bits per heavy atom. The molecule has 1 heterocycles. The van der Waals surface area contributed by atoms with Crippen LogP contribution in [0.1, 0.15) is 38.2 Å². The summed E-state index contributed by atoms with van der Waals surface area (Å²) in [6.45, 7) is 5.13. The predicted molar refractivity (Wildman–Crippen MR) is 81.4 cm³/mol. The van der Waals surface area contributed by atoms with Crippen molar-refractivity contribution in [1.29, 1.82) is 0 Å². The van der Waals surface area contributed by atoms with Crippen LogP contribution in [0.2, 0.25) is 0 Å². The van der Waals surface area contributed by atoms with Gasteiger partial charge in [-0.3, -0.25) is 4.79 Å². The lowest BCUT2D eigenvalue weighted by Gasteiger charge is -2.26. The van der Waals surface area contributed by atoms with Gasteiger partial charge in [0.05, 0.1) is 0 Å². The number of carbonyl (C=O) groups excluding carboxylic acids is 1. The van der Waals surface area contributed by atoms with Crippen molar-refractivity contribution in [3.63, 3.8) is 0 Å². The van der Waals surface area contributed by atoms with Crippen molar-refractivity contribution >= 4 is 11.6 Å². The second kappa shape index (κ2) is 7.21. The summed E-state index contributed by atoms with van der Waals surface area (Å²) in [6.07, 6.45) is -3.12. The molecule has 0 bridgehead atoms. The summed E-state index contributed by atoms with van der Waals surface area (Å²) in [6, 6.07) is 4.10. The number of halogens is 3. The molecule has 7 heteroatoms. The highest BCUT2D eigenvalue weighted by atomic mass is 19.4. The van der Waals surface area contributed by atoms with Crippen LogP contribution < -0.4 is 15.4 Å². The van der Waals surface area contributed by atoms with E-state index in [9.17, 15) is 18.0 Å². The van der Waals surface area contributed by atoms with Crippen LogP contribution >= 0.6 is 0 Å². The molecule has 23 heavy (non-hydrogen) atoms. The maximum absolute atomic E-state index is 12.4. The fraction of sp³-hybridized carbons (Fsp3) is 0.562. The molecule has 1 aromatic carbocycles. The molecule has 1 fully saturated rings. The summed E-state index contributed by atoms with van der Waals surface area (Å²) in [7, 11) is 0. The smallest absolute Gasteiger partial charge is 0.406 e. The lowest BCUT2D eigenvalue weighted by atomic mass is 9.88. The minimum Gasteiger partial charge on any atom is -0.406 e. The first-order valence-electron chi connectivity index (χ1n) is 7.67. The van der Waals surface area contributed by atoms with E-state index in [1.165, 1.54) is 18.2 Å². The lowest BCUT2D eigenvalue weighted by molar-refractivity contribution is -0.274. The van der Waals surface area contributed by atoms with Crippen LogP contribution in [-0.2, 0) is 4.79 Å². The Morgan fingerprint density at radius 2 is 1.96 bits per heavy atom. The first-order valence-corrected chi connectivity index (χ1v) is 7.67. The van der Waals surface area contributed by atoms with Crippen molar-refractivity contribution in [3.8, 4) is 5.75 Å². The van der Waals surface area contributed by atoms with E-state index < -0.39 is 6.36 Å². The van der Waals surface area contributed by atoms with Crippen molar-refractivity contribution in [1.82, 2.24) is 5.32 Å². The molecule has 0 atom stereocenters. The Morgan fingerprint density at radius 1 is 1.30 bits per heavy atom. The summed E-state index contributed by atoms with van der Waals surface area (Å²) >= 11 is 0. The third-order valence-corrected chi connectivity index (χ3v) is 3.82. The van der Waals surface area contributed by atoms with E-state index in [0.29, 0.717) is 11.3 Å². The summed E-state index contributed by atoms with van der Waals surface area (Å²) in [4.78, 5) is 11.9.